The quantitative estimate of drug-likeness (QED) is 0.472. The molecular formula is C22H17N3O6. The average Bonchev–Trinajstić information content (AvgIpc) is 2.80. The molecule has 2 aromatic heterocycles. The van der Waals surface area contributed by atoms with E-state index in [4.69, 9.17) is 9.84 Å². The van der Waals surface area contributed by atoms with Crippen molar-refractivity contribution < 1.29 is 24.5 Å². The topological polar surface area (TPSA) is 124 Å². The molecule has 2 N–H and O–H groups in total. The van der Waals surface area contributed by atoms with Crippen LogP contribution in [0.1, 0.15) is 5.56 Å². The van der Waals surface area contributed by atoms with Gasteiger partial charge in [-0.25, -0.2) is 14.8 Å². The fourth-order valence-corrected chi connectivity index (χ4v) is 3.15. The Morgan fingerprint density at radius 3 is 2.45 bits per heavy atom. The van der Waals surface area contributed by atoms with Crippen molar-refractivity contribution in [2.45, 2.75) is 6.54 Å². The van der Waals surface area contributed by atoms with Gasteiger partial charge in [-0.05, 0) is 17.7 Å². The first kappa shape index (κ1) is 19.9. The van der Waals surface area contributed by atoms with Crippen LogP contribution in [-0.2, 0) is 6.54 Å². The van der Waals surface area contributed by atoms with Crippen LogP contribution >= 0.6 is 0 Å². The van der Waals surface area contributed by atoms with Crippen molar-refractivity contribution in [1.29, 1.82) is 0 Å². The van der Waals surface area contributed by atoms with Crippen molar-refractivity contribution in [2.75, 3.05) is 7.11 Å². The molecule has 0 spiro atoms. The number of carboxylic acid groups (broad SMARTS) is 1. The third-order valence-electron chi connectivity index (χ3n) is 4.66. The third kappa shape index (κ3) is 3.88. The molecule has 2 aromatic carbocycles. The maximum atomic E-state index is 13.0. The van der Waals surface area contributed by atoms with E-state index in [0.29, 0.717) is 11.6 Å². The van der Waals surface area contributed by atoms with E-state index in [9.17, 15) is 14.7 Å². The monoisotopic (exact) mass is 419 g/mol. The van der Waals surface area contributed by atoms with E-state index in [1.54, 1.807) is 31.4 Å². The Morgan fingerprint density at radius 2 is 1.81 bits per heavy atom. The second kappa shape index (κ2) is 8.15. The van der Waals surface area contributed by atoms with Crippen LogP contribution in [0, 0.1) is 0 Å². The van der Waals surface area contributed by atoms with E-state index < -0.39 is 23.2 Å². The highest BCUT2D eigenvalue weighted by Gasteiger charge is 2.22. The van der Waals surface area contributed by atoms with Crippen LogP contribution < -0.4 is 15.0 Å². The van der Waals surface area contributed by atoms with Gasteiger partial charge in [-0.3, -0.25) is 9.36 Å². The Morgan fingerprint density at radius 1 is 1.10 bits per heavy atom. The third-order valence-corrected chi connectivity index (χ3v) is 4.66. The largest absolute Gasteiger partial charge is 0.511 e. The molecule has 0 fully saturated rings. The number of fused-ring (bicyclic) bond motifs is 1. The summed E-state index contributed by atoms with van der Waals surface area (Å²) in [6.45, 7) is 0.0564. The number of hydrogen-bond donors (Lipinski definition) is 2. The van der Waals surface area contributed by atoms with Crippen molar-refractivity contribution in [3.63, 3.8) is 0 Å². The zero-order chi connectivity index (χ0) is 22.0. The van der Waals surface area contributed by atoms with E-state index in [-0.39, 0.29) is 17.6 Å². The van der Waals surface area contributed by atoms with Crippen molar-refractivity contribution in [3.8, 4) is 28.6 Å². The van der Waals surface area contributed by atoms with Crippen LogP contribution in [0.5, 0.6) is 17.2 Å². The van der Waals surface area contributed by atoms with Crippen molar-refractivity contribution in [1.82, 2.24) is 14.5 Å². The summed E-state index contributed by atoms with van der Waals surface area (Å²) in [5, 5.41) is 19.6. The number of rotatable bonds is 5. The van der Waals surface area contributed by atoms with Crippen LogP contribution in [0.15, 0.2) is 65.6 Å². The Bertz CT molecular complexity index is 1320. The second-order valence-electron chi connectivity index (χ2n) is 6.58. The van der Waals surface area contributed by atoms with Gasteiger partial charge in [-0.1, -0.05) is 42.5 Å². The minimum Gasteiger partial charge on any atom is -0.504 e. The normalized spacial score (nSPS) is 10.7. The second-order valence-corrected chi connectivity index (χ2v) is 6.58. The number of nitrogens with zero attached hydrogens (tertiary/aromatic N) is 3. The predicted octanol–water partition coefficient (Wildman–Crippen LogP) is 3.28. The molecule has 0 radical (unpaired) electrons. The first-order valence-electron chi connectivity index (χ1n) is 9.19. The SMILES string of the molecule is COc1ccc(Cn2c(=O)c(OC(=O)O)c(O)c3cnc(-c4ccccc4)nc32)cc1. The van der Waals surface area contributed by atoms with E-state index in [0.717, 1.165) is 11.1 Å². The molecule has 4 aromatic rings. The van der Waals surface area contributed by atoms with Crippen molar-refractivity contribution in [3.05, 3.63) is 76.7 Å². The minimum absolute atomic E-state index is 0.0564. The maximum Gasteiger partial charge on any atom is 0.511 e. The van der Waals surface area contributed by atoms with Crippen molar-refractivity contribution >= 4 is 17.2 Å². The van der Waals surface area contributed by atoms with Gasteiger partial charge in [0.05, 0.1) is 19.0 Å². The molecule has 156 valence electrons. The van der Waals surface area contributed by atoms with Gasteiger partial charge in [0.25, 0.3) is 5.56 Å². The summed E-state index contributed by atoms with van der Waals surface area (Å²) in [5.41, 5.74) is 0.764. The maximum absolute atomic E-state index is 13.0. The van der Waals surface area contributed by atoms with E-state index in [1.807, 2.05) is 30.3 Å². The number of carbonyl (C=O) groups is 1. The van der Waals surface area contributed by atoms with Gasteiger partial charge in [0.1, 0.15) is 5.75 Å². The van der Waals surface area contributed by atoms with Gasteiger partial charge >= 0.3 is 6.16 Å². The first-order chi connectivity index (χ1) is 15.0. The number of pyridine rings is 1. The summed E-state index contributed by atoms with van der Waals surface area (Å²) in [5.74, 6) is -0.338. The average molecular weight is 419 g/mol. The molecule has 4 rings (SSSR count). The Labute approximate surface area is 175 Å². The molecule has 0 saturated carbocycles. The summed E-state index contributed by atoms with van der Waals surface area (Å²) in [6, 6.07) is 16.1. The van der Waals surface area contributed by atoms with Gasteiger partial charge in [0, 0.05) is 11.8 Å². The van der Waals surface area contributed by atoms with Gasteiger partial charge in [-0.15, -0.1) is 0 Å². The van der Waals surface area contributed by atoms with E-state index in [1.165, 1.54) is 10.8 Å². The summed E-state index contributed by atoms with van der Waals surface area (Å²) < 4.78 is 11.0. The fourth-order valence-electron chi connectivity index (χ4n) is 3.15. The van der Waals surface area contributed by atoms with Gasteiger partial charge in [0.15, 0.2) is 17.2 Å². The molecule has 9 heteroatoms. The standard InChI is InChI=1S/C22H17N3O6/c1-30-15-9-7-13(8-10-15)12-25-20-16(17(26)18(21(25)27)31-22(28)29)11-23-19(24-20)14-5-3-2-4-6-14/h2-11,26H,12H2,1H3,(H,28,29). The number of benzene rings is 2. The smallest absolute Gasteiger partial charge is 0.504 e. The molecule has 0 aliphatic heterocycles. The van der Waals surface area contributed by atoms with Gasteiger partial charge < -0.3 is 19.7 Å². The summed E-state index contributed by atoms with van der Waals surface area (Å²) in [7, 11) is 1.55. The minimum atomic E-state index is -1.72. The predicted molar refractivity (Wildman–Crippen MR) is 112 cm³/mol. The lowest BCUT2D eigenvalue weighted by atomic mass is 10.2. The molecule has 0 aliphatic rings. The van der Waals surface area contributed by atoms with E-state index >= 15 is 0 Å². The summed E-state index contributed by atoms with van der Waals surface area (Å²) >= 11 is 0. The highest BCUT2D eigenvalue weighted by atomic mass is 16.7. The summed E-state index contributed by atoms with van der Waals surface area (Å²) in [4.78, 5) is 32.8. The van der Waals surface area contributed by atoms with Crippen LogP contribution in [0.3, 0.4) is 0 Å². The zero-order valence-electron chi connectivity index (χ0n) is 16.3. The molecule has 31 heavy (non-hydrogen) atoms. The number of ether oxygens (including phenoxy) is 2. The number of methoxy groups -OCH3 is 1. The summed E-state index contributed by atoms with van der Waals surface area (Å²) in [6.07, 6.45) is -0.386. The number of aromatic hydroxyl groups is 1. The Kier molecular flexibility index (Phi) is 5.23. The molecule has 9 nitrogen and oxygen atoms in total. The van der Waals surface area contributed by atoms with Crippen molar-refractivity contribution in [2.24, 2.45) is 0 Å². The van der Waals surface area contributed by atoms with Crippen LogP contribution in [0.4, 0.5) is 4.79 Å². The highest BCUT2D eigenvalue weighted by molar-refractivity contribution is 5.86. The molecule has 0 atom stereocenters. The molecule has 0 amide bonds. The molecular weight excluding hydrogens is 402 g/mol. The molecule has 0 bridgehead atoms. The van der Waals surface area contributed by atoms with E-state index in [2.05, 4.69) is 14.7 Å². The fraction of sp³-hybridized carbons (Fsp3) is 0.0909. The van der Waals surface area contributed by atoms with Gasteiger partial charge in [0.2, 0.25) is 5.75 Å². The number of aromatic nitrogens is 3. The van der Waals surface area contributed by atoms with Gasteiger partial charge in [-0.2, -0.15) is 0 Å². The molecule has 0 unspecified atom stereocenters. The van der Waals surface area contributed by atoms with Crippen LogP contribution in [0.25, 0.3) is 22.4 Å². The molecule has 0 saturated heterocycles. The first-order valence-corrected chi connectivity index (χ1v) is 9.19. The van der Waals surface area contributed by atoms with Crippen LogP contribution in [-0.4, -0.2) is 38.0 Å². The lowest BCUT2D eigenvalue weighted by Crippen LogP contribution is -2.25. The Balaban J connectivity index is 1.94. The number of hydrogen-bond acceptors (Lipinski definition) is 7. The Hall–Kier alpha value is -4.40. The molecule has 0 aliphatic carbocycles. The lowest BCUT2D eigenvalue weighted by molar-refractivity contribution is 0.142. The molecule has 2 heterocycles. The zero-order valence-corrected chi connectivity index (χ0v) is 16.3. The van der Waals surface area contributed by atoms with Crippen LogP contribution in [0.2, 0.25) is 0 Å². The highest BCUT2D eigenvalue weighted by Crippen LogP contribution is 2.31. The lowest BCUT2D eigenvalue weighted by Gasteiger charge is -2.14.